The van der Waals surface area contributed by atoms with Gasteiger partial charge in [-0.2, -0.15) is 0 Å². The second-order valence-electron chi connectivity index (χ2n) is 9.38. The molecule has 0 saturated carbocycles. The molecule has 0 spiro atoms. The van der Waals surface area contributed by atoms with Crippen LogP contribution in [0.25, 0.3) is 27.0 Å². The van der Waals surface area contributed by atoms with Crippen LogP contribution >= 0.6 is 22.9 Å². The van der Waals surface area contributed by atoms with Crippen molar-refractivity contribution >= 4 is 45.5 Å². The van der Waals surface area contributed by atoms with E-state index in [1.807, 2.05) is 11.9 Å². The summed E-state index contributed by atoms with van der Waals surface area (Å²) in [4.78, 5) is 30.3. The van der Waals surface area contributed by atoms with Crippen molar-refractivity contribution in [1.82, 2.24) is 24.8 Å². The van der Waals surface area contributed by atoms with E-state index in [4.69, 9.17) is 16.3 Å². The van der Waals surface area contributed by atoms with Crippen LogP contribution in [0, 0.1) is 0 Å². The molecule has 6 heterocycles. The summed E-state index contributed by atoms with van der Waals surface area (Å²) in [6, 6.07) is 2.10. The Hall–Kier alpha value is -2.30. The first-order valence-corrected chi connectivity index (χ1v) is 12.7. The average Bonchev–Trinajstić information content (AvgIpc) is 3.57. The van der Waals surface area contributed by atoms with Gasteiger partial charge in [0.1, 0.15) is 10.7 Å². The Kier molecular flexibility index (Phi) is 5.50. The van der Waals surface area contributed by atoms with Crippen molar-refractivity contribution in [2.24, 2.45) is 0 Å². The molecule has 10 heteroatoms. The van der Waals surface area contributed by atoms with E-state index >= 15 is 0 Å². The van der Waals surface area contributed by atoms with E-state index in [2.05, 4.69) is 32.0 Å². The van der Waals surface area contributed by atoms with Gasteiger partial charge in [-0.1, -0.05) is 17.7 Å². The molecular weight excluding hydrogens is 474 g/mol. The minimum Gasteiger partial charge on any atom is -0.378 e. The molecule has 2 saturated heterocycles. The maximum Gasteiger partial charge on any atom is 0.240 e. The zero-order chi connectivity index (χ0) is 23.4. The van der Waals surface area contributed by atoms with Crippen LogP contribution in [0.2, 0.25) is 5.02 Å². The molecule has 1 amide bonds. The lowest BCUT2D eigenvalue weighted by atomic mass is 10.0. The maximum absolute atomic E-state index is 12.9. The van der Waals surface area contributed by atoms with Gasteiger partial charge in [0.05, 0.1) is 29.2 Å². The molecule has 3 aromatic heterocycles. The number of nitrogens with one attached hydrogen (secondary N) is 1. The van der Waals surface area contributed by atoms with Gasteiger partial charge in [-0.3, -0.25) is 9.69 Å². The number of thiazole rings is 1. The Bertz CT molecular complexity index is 1300. The summed E-state index contributed by atoms with van der Waals surface area (Å²) in [5, 5.41) is 12.7. The first-order valence-electron chi connectivity index (χ1n) is 11.6. The van der Waals surface area contributed by atoms with E-state index in [0.717, 1.165) is 53.0 Å². The van der Waals surface area contributed by atoms with Gasteiger partial charge in [-0.15, -0.1) is 11.3 Å². The highest BCUT2D eigenvalue weighted by Gasteiger charge is 2.41. The third-order valence-electron chi connectivity index (χ3n) is 7.12. The number of likely N-dealkylation sites (tertiary alicyclic amines) is 1. The normalized spacial score (nSPS) is 22.7. The van der Waals surface area contributed by atoms with Crippen LogP contribution < -0.4 is 0 Å². The van der Waals surface area contributed by atoms with Crippen molar-refractivity contribution in [2.45, 2.75) is 30.9 Å². The molecule has 3 aliphatic heterocycles. The number of likely N-dealkylation sites (N-methyl/N-ethyl adjacent to an activating group) is 1. The number of pyridine rings is 1. The molecule has 1 atom stereocenters. The lowest BCUT2D eigenvalue weighted by molar-refractivity contribution is -0.184. The predicted molar refractivity (Wildman–Crippen MR) is 132 cm³/mol. The molecule has 0 bridgehead atoms. The van der Waals surface area contributed by atoms with Gasteiger partial charge in [0.15, 0.2) is 5.60 Å². The molecule has 3 aromatic rings. The topological polar surface area (TPSA) is 94.6 Å². The van der Waals surface area contributed by atoms with Gasteiger partial charge in [-0.05, 0) is 44.5 Å². The number of hydrogen-bond acceptors (Lipinski definition) is 7. The predicted octanol–water partition coefficient (Wildman–Crippen LogP) is 3.27. The lowest BCUT2D eigenvalue weighted by Gasteiger charge is -2.34. The first kappa shape index (κ1) is 22.2. The summed E-state index contributed by atoms with van der Waals surface area (Å²) in [6.07, 6.45) is 8.36. The van der Waals surface area contributed by atoms with Gasteiger partial charge in [0.25, 0.3) is 0 Å². The van der Waals surface area contributed by atoms with E-state index in [0.29, 0.717) is 23.1 Å². The van der Waals surface area contributed by atoms with E-state index in [1.54, 1.807) is 12.4 Å². The van der Waals surface area contributed by atoms with Crippen LogP contribution in [0.5, 0.6) is 0 Å². The number of ether oxygens (including phenoxy) is 1. The molecule has 0 unspecified atom stereocenters. The largest absolute Gasteiger partial charge is 0.378 e. The van der Waals surface area contributed by atoms with E-state index < -0.39 is 5.60 Å². The molecule has 0 aliphatic carbocycles. The number of carbonyl (C=O) groups is 1. The Morgan fingerprint density at radius 2 is 2.18 bits per heavy atom. The Morgan fingerprint density at radius 1 is 1.32 bits per heavy atom. The number of halogens is 1. The summed E-state index contributed by atoms with van der Waals surface area (Å²) in [6.45, 7) is 2.85. The van der Waals surface area contributed by atoms with Crippen LogP contribution in [-0.4, -0.2) is 81.7 Å². The van der Waals surface area contributed by atoms with Gasteiger partial charge in [-0.25, -0.2) is 9.97 Å². The molecule has 178 valence electrons. The minimum absolute atomic E-state index is 0.0192. The summed E-state index contributed by atoms with van der Waals surface area (Å²) >= 11 is 8.01. The van der Waals surface area contributed by atoms with Gasteiger partial charge < -0.3 is 19.7 Å². The second kappa shape index (κ2) is 8.42. The number of aromatic nitrogens is 3. The number of fused-ring (bicyclic) bond motifs is 1. The van der Waals surface area contributed by atoms with E-state index in [9.17, 15) is 9.90 Å². The zero-order valence-corrected chi connectivity index (χ0v) is 20.5. The fourth-order valence-electron chi connectivity index (χ4n) is 5.04. The number of H-pyrrole nitrogens is 1. The molecule has 2 N–H and O–H groups in total. The first-order chi connectivity index (χ1) is 16.4. The highest BCUT2D eigenvalue weighted by Crippen LogP contribution is 2.41. The fraction of sp³-hybridized carbons (Fsp3) is 0.458. The maximum atomic E-state index is 12.9. The molecule has 3 aliphatic rings. The van der Waals surface area contributed by atoms with Gasteiger partial charge in [0, 0.05) is 42.1 Å². The average molecular weight is 500 g/mol. The van der Waals surface area contributed by atoms with Crippen molar-refractivity contribution in [3.8, 4) is 10.4 Å². The molecule has 0 radical (unpaired) electrons. The Labute approximate surface area is 206 Å². The van der Waals surface area contributed by atoms with Crippen molar-refractivity contribution in [3.63, 3.8) is 0 Å². The minimum atomic E-state index is -1.01. The quantitative estimate of drug-likeness (QED) is 0.572. The summed E-state index contributed by atoms with van der Waals surface area (Å²) in [7, 11) is 2.04. The highest BCUT2D eigenvalue weighted by atomic mass is 35.5. The van der Waals surface area contributed by atoms with Crippen molar-refractivity contribution < 1.29 is 14.6 Å². The summed E-state index contributed by atoms with van der Waals surface area (Å²) in [5.74, 6) is 0.238. The molecule has 0 aromatic carbocycles. The van der Waals surface area contributed by atoms with Crippen molar-refractivity contribution in [3.05, 3.63) is 40.3 Å². The number of aromatic amines is 1. The van der Waals surface area contributed by atoms with Gasteiger partial charge in [0.2, 0.25) is 5.91 Å². The second-order valence-corrected chi connectivity index (χ2v) is 10.8. The van der Waals surface area contributed by atoms with Crippen LogP contribution in [0.4, 0.5) is 0 Å². The third-order valence-corrected chi connectivity index (χ3v) is 8.61. The molecule has 2 fully saturated rings. The van der Waals surface area contributed by atoms with Crippen molar-refractivity contribution in [2.75, 3.05) is 39.9 Å². The van der Waals surface area contributed by atoms with Crippen LogP contribution in [0.15, 0.2) is 24.5 Å². The highest BCUT2D eigenvalue weighted by molar-refractivity contribution is 7.15. The number of aliphatic hydroxyl groups is 1. The third kappa shape index (κ3) is 3.67. The lowest BCUT2D eigenvalue weighted by Crippen LogP contribution is -2.46. The summed E-state index contributed by atoms with van der Waals surface area (Å²) in [5.41, 5.74) is 2.77. The summed E-state index contributed by atoms with van der Waals surface area (Å²) < 4.78 is 5.17. The van der Waals surface area contributed by atoms with Crippen LogP contribution in [0.3, 0.4) is 0 Å². The van der Waals surface area contributed by atoms with Gasteiger partial charge >= 0.3 is 0 Å². The van der Waals surface area contributed by atoms with Crippen LogP contribution in [-0.2, 0) is 15.1 Å². The SMILES string of the molecule is CN1CCC[C@@H]1C(=O)N1CC=C(c2cc3c(-c4cnc(C5(O)COC5)s4)c(Cl)cnc3[nH]2)CC1. The number of nitrogens with zero attached hydrogens (tertiary/aromatic N) is 4. The van der Waals surface area contributed by atoms with E-state index in [-0.39, 0.29) is 25.2 Å². The standard InChI is InChI=1S/C24H26ClN5O3S/c1-29-6-2-3-18(29)22(31)30-7-4-14(5-8-30)17-9-15-20(16(25)10-26-21(15)28-17)19-11-27-23(34-19)24(32)12-33-13-24/h4,9-11,18,32H,2-3,5-8,12-13H2,1H3,(H,26,28)/t18-/m1/s1. The Morgan fingerprint density at radius 3 is 2.85 bits per heavy atom. The number of hydrogen-bond donors (Lipinski definition) is 2. The Balaban J connectivity index is 1.27. The number of carbonyl (C=O) groups excluding carboxylic acids is 1. The van der Waals surface area contributed by atoms with Crippen molar-refractivity contribution in [1.29, 1.82) is 0 Å². The molecular formula is C24H26ClN5O3S. The molecule has 6 rings (SSSR count). The number of amides is 1. The number of rotatable bonds is 4. The monoisotopic (exact) mass is 499 g/mol. The smallest absolute Gasteiger partial charge is 0.240 e. The molecule has 34 heavy (non-hydrogen) atoms. The zero-order valence-electron chi connectivity index (χ0n) is 18.9. The van der Waals surface area contributed by atoms with E-state index in [1.165, 1.54) is 16.9 Å². The van der Waals surface area contributed by atoms with Crippen LogP contribution in [0.1, 0.15) is 30.0 Å². The fourth-order valence-corrected chi connectivity index (χ4v) is 6.40. The molecule has 8 nitrogen and oxygen atoms in total.